The average molecular weight is 313 g/mol. The summed E-state index contributed by atoms with van der Waals surface area (Å²) in [4.78, 5) is 3.75. The molecule has 4 N–H and O–H groups in total. The number of aromatic amines is 1. The summed E-state index contributed by atoms with van der Waals surface area (Å²) in [5.41, 5.74) is 5.93. The first kappa shape index (κ1) is 15.1. The molecule has 0 aliphatic heterocycles. The number of sulfonamides is 1. The van der Waals surface area contributed by atoms with E-state index in [1.807, 2.05) is 0 Å². The van der Waals surface area contributed by atoms with Crippen LogP contribution in [0.25, 0.3) is 0 Å². The molecule has 0 saturated heterocycles. The number of anilines is 1. The van der Waals surface area contributed by atoms with Crippen molar-refractivity contribution in [1.82, 2.24) is 19.9 Å². The number of nitrogens with two attached hydrogens (primary N) is 1. The minimum atomic E-state index is -3.82. The second-order valence-corrected chi connectivity index (χ2v) is 5.74. The van der Waals surface area contributed by atoms with Gasteiger partial charge in [0.2, 0.25) is 10.0 Å². The highest BCUT2D eigenvalue weighted by Crippen LogP contribution is 2.33. The Morgan fingerprint density at radius 1 is 1.29 bits per heavy atom. The van der Waals surface area contributed by atoms with Gasteiger partial charge in [0.15, 0.2) is 0 Å². The molecule has 1 heterocycles. The number of rotatable bonds is 6. The highest BCUT2D eigenvalue weighted by Gasteiger charge is 2.22. The molecular formula is C11H15N5O4S. The molecule has 114 valence electrons. The third kappa shape index (κ3) is 3.23. The summed E-state index contributed by atoms with van der Waals surface area (Å²) < 4.78 is 37.1. The third-order valence-corrected chi connectivity index (χ3v) is 4.12. The molecule has 0 bridgehead atoms. The number of benzene rings is 1. The zero-order valence-corrected chi connectivity index (χ0v) is 12.3. The topological polar surface area (TPSA) is 132 Å². The number of nitrogens with zero attached hydrogens (tertiary/aromatic N) is 2. The molecule has 21 heavy (non-hydrogen) atoms. The monoisotopic (exact) mass is 313 g/mol. The predicted octanol–water partition coefficient (Wildman–Crippen LogP) is -0.117. The van der Waals surface area contributed by atoms with Crippen molar-refractivity contribution < 1.29 is 17.9 Å². The van der Waals surface area contributed by atoms with Crippen molar-refractivity contribution in [2.24, 2.45) is 0 Å². The maximum Gasteiger partial charge on any atom is 0.244 e. The fourth-order valence-corrected chi connectivity index (χ4v) is 2.83. The fraction of sp³-hybridized carbons (Fsp3) is 0.273. The smallest absolute Gasteiger partial charge is 0.244 e. The Bertz CT molecular complexity index is 714. The molecule has 0 spiro atoms. The van der Waals surface area contributed by atoms with E-state index in [9.17, 15) is 8.42 Å². The molecule has 1 aromatic carbocycles. The lowest BCUT2D eigenvalue weighted by molar-refractivity contribution is 0.387. The van der Waals surface area contributed by atoms with Gasteiger partial charge >= 0.3 is 0 Å². The van der Waals surface area contributed by atoms with Crippen LogP contribution in [0, 0.1) is 0 Å². The van der Waals surface area contributed by atoms with Crippen molar-refractivity contribution in [1.29, 1.82) is 0 Å². The van der Waals surface area contributed by atoms with Gasteiger partial charge in [-0.3, -0.25) is 5.10 Å². The van der Waals surface area contributed by atoms with Crippen molar-refractivity contribution in [3.05, 3.63) is 24.3 Å². The van der Waals surface area contributed by atoms with E-state index in [2.05, 4.69) is 19.9 Å². The number of aromatic nitrogens is 3. The summed E-state index contributed by atoms with van der Waals surface area (Å²) in [6.07, 6.45) is 1.29. The first-order valence-corrected chi connectivity index (χ1v) is 7.31. The molecule has 2 rings (SSSR count). The SMILES string of the molecule is COc1cc(OC)c(S(=O)(=O)NCc2ncn[nH]2)cc1N. The Kier molecular flexibility index (Phi) is 4.29. The van der Waals surface area contributed by atoms with Gasteiger partial charge in [0.25, 0.3) is 0 Å². The summed E-state index contributed by atoms with van der Waals surface area (Å²) in [6.45, 7) is -0.0303. The van der Waals surface area contributed by atoms with E-state index >= 15 is 0 Å². The van der Waals surface area contributed by atoms with Gasteiger partial charge in [0.05, 0.1) is 26.5 Å². The number of nitrogen functional groups attached to an aromatic ring is 1. The van der Waals surface area contributed by atoms with Crippen molar-refractivity contribution in [3.63, 3.8) is 0 Å². The van der Waals surface area contributed by atoms with Crippen LogP contribution in [0.3, 0.4) is 0 Å². The van der Waals surface area contributed by atoms with Gasteiger partial charge in [0, 0.05) is 6.07 Å². The van der Waals surface area contributed by atoms with E-state index in [1.165, 1.54) is 32.7 Å². The first-order chi connectivity index (χ1) is 9.97. The quantitative estimate of drug-likeness (QED) is 0.633. The van der Waals surface area contributed by atoms with E-state index in [-0.39, 0.29) is 22.9 Å². The van der Waals surface area contributed by atoms with Crippen molar-refractivity contribution >= 4 is 15.7 Å². The lowest BCUT2D eigenvalue weighted by Crippen LogP contribution is -2.24. The van der Waals surface area contributed by atoms with Crippen LogP contribution in [0.1, 0.15) is 5.82 Å². The molecule has 0 aliphatic carbocycles. The van der Waals surface area contributed by atoms with Gasteiger partial charge in [-0.05, 0) is 6.07 Å². The standard InChI is InChI=1S/C11H15N5O4S/c1-19-8-4-9(20-2)10(3-7(8)12)21(17,18)15-5-11-13-6-14-16-11/h3-4,6,15H,5,12H2,1-2H3,(H,13,14,16). The number of ether oxygens (including phenoxy) is 2. The molecule has 0 amide bonds. The van der Waals surface area contributed by atoms with E-state index in [1.54, 1.807) is 0 Å². The molecule has 2 aromatic rings. The zero-order valence-electron chi connectivity index (χ0n) is 11.5. The molecular weight excluding hydrogens is 298 g/mol. The Balaban J connectivity index is 2.32. The van der Waals surface area contributed by atoms with Gasteiger partial charge in [-0.1, -0.05) is 0 Å². The van der Waals surface area contributed by atoms with Gasteiger partial charge in [-0.2, -0.15) is 5.10 Å². The largest absolute Gasteiger partial charge is 0.495 e. The molecule has 0 aliphatic rings. The normalized spacial score (nSPS) is 11.3. The van der Waals surface area contributed by atoms with Crippen molar-refractivity contribution in [2.45, 2.75) is 11.4 Å². The summed E-state index contributed by atoms with van der Waals surface area (Å²) in [7, 11) is -1.03. The van der Waals surface area contributed by atoms with Crippen molar-refractivity contribution in [2.75, 3.05) is 20.0 Å². The number of H-pyrrole nitrogens is 1. The maximum absolute atomic E-state index is 12.3. The summed E-state index contributed by atoms with van der Waals surface area (Å²) in [5.74, 6) is 0.853. The van der Waals surface area contributed by atoms with Gasteiger partial charge in [-0.15, -0.1) is 0 Å². The summed E-state index contributed by atoms with van der Waals surface area (Å²) in [5, 5.41) is 6.19. The molecule has 0 atom stereocenters. The van der Waals surface area contributed by atoms with Gasteiger partial charge < -0.3 is 15.2 Å². The van der Waals surface area contributed by atoms with Crippen LogP contribution in [-0.2, 0) is 16.6 Å². The summed E-state index contributed by atoms with van der Waals surface area (Å²) in [6, 6.07) is 2.69. The van der Waals surface area contributed by atoms with Crippen LogP contribution < -0.4 is 19.9 Å². The highest BCUT2D eigenvalue weighted by atomic mass is 32.2. The van der Waals surface area contributed by atoms with Crippen LogP contribution in [0.5, 0.6) is 11.5 Å². The molecule has 0 fully saturated rings. The van der Waals surface area contributed by atoms with E-state index in [0.717, 1.165) is 0 Å². The highest BCUT2D eigenvalue weighted by molar-refractivity contribution is 7.89. The average Bonchev–Trinajstić information content (AvgIpc) is 2.98. The molecule has 0 unspecified atom stereocenters. The number of hydrogen-bond acceptors (Lipinski definition) is 7. The zero-order chi connectivity index (χ0) is 15.5. The Labute approximate surface area is 121 Å². The molecule has 9 nitrogen and oxygen atoms in total. The molecule has 0 saturated carbocycles. The van der Waals surface area contributed by atoms with Gasteiger partial charge in [0.1, 0.15) is 28.5 Å². The lowest BCUT2D eigenvalue weighted by Gasteiger charge is -2.13. The Morgan fingerprint density at radius 3 is 2.57 bits per heavy atom. The Hall–Kier alpha value is -2.33. The van der Waals surface area contributed by atoms with Gasteiger partial charge in [-0.25, -0.2) is 18.1 Å². The minimum absolute atomic E-state index is 0.0303. The maximum atomic E-state index is 12.3. The van der Waals surface area contributed by atoms with Crippen LogP contribution in [0.4, 0.5) is 5.69 Å². The lowest BCUT2D eigenvalue weighted by atomic mass is 10.3. The Morgan fingerprint density at radius 2 is 2.00 bits per heavy atom. The van der Waals surface area contributed by atoms with Crippen LogP contribution in [0.2, 0.25) is 0 Å². The van der Waals surface area contributed by atoms with Crippen LogP contribution in [0.15, 0.2) is 23.4 Å². The van der Waals surface area contributed by atoms with E-state index < -0.39 is 10.0 Å². The third-order valence-electron chi connectivity index (χ3n) is 2.70. The second kappa shape index (κ2) is 5.97. The van der Waals surface area contributed by atoms with E-state index in [0.29, 0.717) is 11.6 Å². The first-order valence-electron chi connectivity index (χ1n) is 5.83. The van der Waals surface area contributed by atoms with Crippen LogP contribution in [-0.4, -0.2) is 37.8 Å². The second-order valence-electron chi connectivity index (χ2n) is 4.00. The molecule has 0 radical (unpaired) electrons. The number of methoxy groups -OCH3 is 2. The molecule has 1 aromatic heterocycles. The van der Waals surface area contributed by atoms with Crippen LogP contribution >= 0.6 is 0 Å². The fourth-order valence-electron chi connectivity index (χ4n) is 1.66. The van der Waals surface area contributed by atoms with Crippen molar-refractivity contribution in [3.8, 4) is 11.5 Å². The number of hydrogen-bond donors (Lipinski definition) is 3. The minimum Gasteiger partial charge on any atom is -0.495 e. The summed E-state index contributed by atoms with van der Waals surface area (Å²) >= 11 is 0. The predicted molar refractivity (Wildman–Crippen MR) is 74.4 cm³/mol. The van der Waals surface area contributed by atoms with E-state index in [4.69, 9.17) is 15.2 Å². The number of nitrogens with one attached hydrogen (secondary N) is 2. The molecule has 10 heteroatoms.